The molecule has 1 heterocycles. The zero-order chi connectivity index (χ0) is 16.6. The Bertz CT molecular complexity index is 774. The summed E-state index contributed by atoms with van der Waals surface area (Å²) in [7, 11) is 0. The molecule has 3 nitrogen and oxygen atoms in total. The molecule has 0 aliphatic carbocycles. The molecule has 0 atom stereocenters. The van der Waals surface area contributed by atoms with E-state index in [4.69, 9.17) is 16.3 Å². The minimum Gasteiger partial charge on any atom is -0.456 e. The van der Waals surface area contributed by atoms with Gasteiger partial charge in [0.25, 0.3) is 0 Å². The van der Waals surface area contributed by atoms with Gasteiger partial charge in [0.2, 0.25) is 5.91 Å². The number of carbonyl (C=O) groups excluding carboxylic acids is 1. The zero-order valence-electron chi connectivity index (χ0n) is 11.7. The van der Waals surface area contributed by atoms with Crippen molar-refractivity contribution < 1.29 is 22.7 Å². The number of alkyl halides is 3. The number of anilines is 1. The van der Waals surface area contributed by atoms with Gasteiger partial charge < -0.3 is 10.1 Å². The monoisotopic (exact) mass is 341 g/mol. The van der Waals surface area contributed by atoms with Crippen LogP contribution in [-0.4, -0.2) is 5.91 Å². The van der Waals surface area contributed by atoms with Gasteiger partial charge in [-0.1, -0.05) is 17.7 Å². The largest absolute Gasteiger partial charge is 0.456 e. The van der Waals surface area contributed by atoms with Crippen LogP contribution in [0.2, 0.25) is 5.02 Å². The highest BCUT2D eigenvalue weighted by Gasteiger charge is 2.31. The summed E-state index contributed by atoms with van der Waals surface area (Å²) in [6.45, 7) is 0. The lowest BCUT2D eigenvalue weighted by molar-refractivity contribution is -0.137. The lowest BCUT2D eigenvalue weighted by Crippen LogP contribution is -2.18. The number of hydrogen-bond acceptors (Lipinski definition) is 2. The Labute approximate surface area is 135 Å². The third kappa shape index (κ3) is 3.42. The quantitative estimate of drug-likeness (QED) is 0.831. The molecule has 1 aliphatic heterocycles. The Balaban J connectivity index is 1.85. The highest BCUT2D eigenvalue weighted by Crippen LogP contribution is 2.37. The van der Waals surface area contributed by atoms with Gasteiger partial charge in [0.05, 0.1) is 10.6 Å². The second-order valence-corrected chi connectivity index (χ2v) is 5.52. The van der Waals surface area contributed by atoms with E-state index in [9.17, 15) is 18.0 Å². The van der Waals surface area contributed by atoms with Crippen LogP contribution in [0.3, 0.4) is 0 Å². The van der Waals surface area contributed by atoms with Gasteiger partial charge in [-0.15, -0.1) is 0 Å². The van der Waals surface area contributed by atoms with Crippen LogP contribution in [0.1, 0.15) is 17.5 Å². The summed E-state index contributed by atoms with van der Waals surface area (Å²) in [6.07, 6.45) is -3.39. The second kappa shape index (κ2) is 5.77. The van der Waals surface area contributed by atoms with E-state index in [2.05, 4.69) is 5.32 Å². The Hall–Kier alpha value is -2.21. The molecular weight excluding hydrogens is 331 g/mol. The van der Waals surface area contributed by atoms with E-state index >= 15 is 0 Å². The van der Waals surface area contributed by atoms with Crippen molar-refractivity contribution in [2.75, 3.05) is 5.32 Å². The topological polar surface area (TPSA) is 38.3 Å². The van der Waals surface area contributed by atoms with E-state index in [1.54, 1.807) is 12.1 Å². The van der Waals surface area contributed by atoms with E-state index in [0.29, 0.717) is 24.3 Å². The molecule has 3 rings (SSSR count). The minimum atomic E-state index is -4.46. The van der Waals surface area contributed by atoms with Gasteiger partial charge in [-0.3, -0.25) is 4.79 Å². The molecule has 120 valence electrons. The number of nitrogens with one attached hydrogen (secondary N) is 1. The predicted octanol–water partition coefficient (Wildman–Crippen LogP) is 5.04. The zero-order valence-corrected chi connectivity index (χ0v) is 12.5. The number of aryl methyl sites for hydroxylation is 1. The lowest BCUT2D eigenvalue weighted by Gasteiger charge is -2.18. The molecule has 2 aromatic rings. The highest BCUT2D eigenvalue weighted by atomic mass is 35.5. The first-order valence-electron chi connectivity index (χ1n) is 6.80. The molecule has 1 amide bonds. The van der Waals surface area contributed by atoms with Crippen molar-refractivity contribution in [3.63, 3.8) is 0 Å². The number of halogens is 4. The highest BCUT2D eigenvalue weighted by molar-refractivity contribution is 6.32. The van der Waals surface area contributed by atoms with Crippen LogP contribution < -0.4 is 10.1 Å². The maximum Gasteiger partial charge on any atom is 0.416 e. The first kappa shape index (κ1) is 15.7. The molecular formula is C16H11ClF3NO2. The number of carbonyl (C=O) groups is 1. The minimum absolute atomic E-state index is 0.0813. The molecule has 23 heavy (non-hydrogen) atoms. The van der Waals surface area contributed by atoms with Crippen molar-refractivity contribution in [2.45, 2.75) is 19.0 Å². The average Bonchev–Trinajstić information content (AvgIpc) is 2.48. The van der Waals surface area contributed by atoms with Crippen molar-refractivity contribution in [1.29, 1.82) is 0 Å². The van der Waals surface area contributed by atoms with Crippen LogP contribution in [0, 0.1) is 0 Å². The maximum atomic E-state index is 12.6. The predicted molar refractivity (Wildman–Crippen MR) is 79.9 cm³/mol. The van der Waals surface area contributed by atoms with Crippen molar-refractivity contribution >= 4 is 23.2 Å². The average molecular weight is 342 g/mol. The summed E-state index contributed by atoms with van der Waals surface area (Å²) in [5.41, 5.74) is 0.782. The molecule has 0 bridgehead atoms. The maximum absolute atomic E-state index is 12.6. The van der Waals surface area contributed by atoms with Crippen molar-refractivity contribution in [3.8, 4) is 11.5 Å². The Morgan fingerprint density at radius 3 is 2.57 bits per heavy atom. The van der Waals surface area contributed by atoms with Crippen molar-refractivity contribution in [3.05, 3.63) is 52.5 Å². The Kier molecular flexibility index (Phi) is 3.93. The molecule has 0 saturated carbocycles. The second-order valence-electron chi connectivity index (χ2n) is 5.11. The number of hydrogen-bond donors (Lipinski definition) is 1. The van der Waals surface area contributed by atoms with Crippen molar-refractivity contribution in [1.82, 2.24) is 0 Å². The third-order valence-electron chi connectivity index (χ3n) is 3.46. The van der Waals surface area contributed by atoms with Crippen molar-refractivity contribution in [2.24, 2.45) is 0 Å². The molecule has 2 aromatic carbocycles. The Morgan fingerprint density at radius 1 is 1.09 bits per heavy atom. The fraction of sp³-hybridized carbons (Fsp3) is 0.188. The van der Waals surface area contributed by atoms with Gasteiger partial charge in [0, 0.05) is 18.2 Å². The summed E-state index contributed by atoms with van der Waals surface area (Å²) in [4.78, 5) is 11.4. The fourth-order valence-corrected chi connectivity index (χ4v) is 2.52. The normalized spacial score (nSPS) is 14.2. The molecule has 0 unspecified atom stereocenters. The van der Waals surface area contributed by atoms with Crippen LogP contribution in [0.15, 0.2) is 36.4 Å². The summed E-state index contributed by atoms with van der Waals surface area (Å²) in [6, 6.07) is 8.01. The van der Waals surface area contributed by atoms with Gasteiger partial charge >= 0.3 is 6.18 Å². The van der Waals surface area contributed by atoms with Gasteiger partial charge in [-0.05, 0) is 36.2 Å². The number of rotatable bonds is 2. The summed E-state index contributed by atoms with van der Waals surface area (Å²) >= 11 is 5.86. The SMILES string of the molecule is O=C1CCc2ccc(Oc3ccc(C(F)(F)F)cc3Cl)cc2N1. The first-order chi connectivity index (χ1) is 10.8. The van der Waals surface area contributed by atoms with E-state index in [1.807, 2.05) is 6.07 Å². The third-order valence-corrected chi connectivity index (χ3v) is 3.76. The van der Waals surface area contributed by atoms with Crippen LogP contribution in [0.25, 0.3) is 0 Å². The summed E-state index contributed by atoms with van der Waals surface area (Å²) in [5.74, 6) is 0.413. The molecule has 0 spiro atoms. The van der Waals surface area contributed by atoms with Crippen LogP contribution in [-0.2, 0) is 17.4 Å². The van der Waals surface area contributed by atoms with Gasteiger partial charge in [-0.2, -0.15) is 13.2 Å². The van der Waals surface area contributed by atoms with E-state index in [0.717, 1.165) is 17.7 Å². The first-order valence-corrected chi connectivity index (χ1v) is 7.18. The van der Waals surface area contributed by atoms with Crippen LogP contribution >= 0.6 is 11.6 Å². The van der Waals surface area contributed by atoms with E-state index in [-0.39, 0.29) is 16.7 Å². The lowest BCUT2D eigenvalue weighted by atomic mass is 10.0. The molecule has 7 heteroatoms. The summed E-state index contributed by atoms with van der Waals surface area (Å²) in [5, 5.41) is 2.59. The molecule has 1 N–H and O–H groups in total. The molecule has 0 radical (unpaired) electrons. The molecule has 0 saturated heterocycles. The van der Waals surface area contributed by atoms with Crippen LogP contribution in [0.5, 0.6) is 11.5 Å². The fourth-order valence-electron chi connectivity index (χ4n) is 2.30. The van der Waals surface area contributed by atoms with Gasteiger partial charge in [-0.25, -0.2) is 0 Å². The summed E-state index contributed by atoms with van der Waals surface area (Å²) < 4.78 is 43.4. The molecule has 0 aromatic heterocycles. The van der Waals surface area contributed by atoms with E-state index < -0.39 is 11.7 Å². The number of fused-ring (bicyclic) bond motifs is 1. The Morgan fingerprint density at radius 2 is 1.87 bits per heavy atom. The standard InChI is InChI=1S/C16H11ClF3NO2/c17-12-7-10(16(18,19)20)3-5-14(12)23-11-4-1-9-2-6-15(22)21-13(9)8-11/h1,3-5,7-8H,2,6H2,(H,21,22). The van der Waals surface area contributed by atoms with E-state index in [1.165, 1.54) is 6.07 Å². The van der Waals surface area contributed by atoms with Gasteiger partial charge in [0.1, 0.15) is 11.5 Å². The number of amides is 1. The smallest absolute Gasteiger partial charge is 0.416 e. The van der Waals surface area contributed by atoms with Gasteiger partial charge in [0.15, 0.2) is 0 Å². The molecule has 1 aliphatic rings. The number of benzene rings is 2. The van der Waals surface area contributed by atoms with Crippen LogP contribution in [0.4, 0.5) is 18.9 Å². The number of ether oxygens (including phenoxy) is 1. The molecule has 0 fully saturated rings.